The van der Waals surface area contributed by atoms with Crippen LogP contribution in [0.25, 0.3) is 0 Å². The van der Waals surface area contributed by atoms with Gasteiger partial charge in [0.05, 0.1) is 4.90 Å². The number of amides is 1. The van der Waals surface area contributed by atoms with Crippen LogP contribution >= 0.6 is 0 Å². The van der Waals surface area contributed by atoms with Gasteiger partial charge in [0.15, 0.2) is 0 Å². The molecular weight excluding hydrogens is 357 g/mol. The van der Waals surface area contributed by atoms with Crippen molar-refractivity contribution in [2.24, 2.45) is 0 Å². The van der Waals surface area contributed by atoms with E-state index in [0.29, 0.717) is 24.2 Å². The molecule has 0 unspecified atom stereocenters. The molecule has 2 aromatic carbocycles. The Labute approximate surface area is 153 Å². The summed E-state index contributed by atoms with van der Waals surface area (Å²) in [6, 6.07) is 11.0. The van der Waals surface area contributed by atoms with E-state index in [0.717, 1.165) is 6.54 Å². The number of hydrogen-bond donors (Lipinski definition) is 2. The van der Waals surface area contributed by atoms with E-state index in [1.165, 1.54) is 48.5 Å². The molecule has 0 saturated heterocycles. The van der Waals surface area contributed by atoms with Crippen LogP contribution in [0.1, 0.15) is 16.8 Å². The van der Waals surface area contributed by atoms with E-state index in [2.05, 4.69) is 10.0 Å². The molecule has 0 fully saturated rings. The summed E-state index contributed by atoms with van der Waals surface area (Å²) < 4.78 is 39.9. The monoisotopic (exact) mass is 379 g/mol. The van der Waals surface area contributed by atoms with Gasteiger partial charge in [-0.05, 0) is 75.6 Å². The smallest absolute Gasteiger partial charge is 0.255 e. The third-order valence-electron chi connectivity index (χ3n) is 3.60. The molecule has 26 heavy (non-hydrogen) atoms. The zero-order valence-corrected chi connectivity index (χ0v) is 15.5. The van der Waals surface area contributed by atoms with Crippen LogP contribution in [0.2, 0.25) is 0 Å². The van der Waals surface area contributed by atoms with Crippen LogP contribution in [0.3, 0.4) is 0 Å². The lowest BCUT2D eigenvalue weighted by atomic mass is 10.2. The van der Waals surface area contributed by atoms with E-state index in [4.69, 9.17) is 0 Å². The average Bonchev–Trinajstić information content (AvgIpc) is 2.61. The summed E-state index contributed by atoms with van der Waals surface area (Å²) in [4.78, 5) is 14.2. The number of rotatable bonds is 8. The third-order valence-corrected chi connectivity index (χ3v) is 5.08. The average molecular weight is 379 g/mol. The van der Waals surface area contributed by atoms with Crippen LogP contribution in [-0.4, -0.2) is 46.4 Å². The molecule has 0 aromatic heterocycles. The minimum Gasteiger partial charge on any atom is -0.322 e. The Bertz CT molecular complexity index is 835. The van der Waals surface area contributed by atoms with Gasteiger partial charge in [-0.3, -0.25) is 4.79 Å². The molecule has 2 N–H and O–H groups in total. The standard InChI is InChI=1S/C18H22FN3O3S/c1-22(2)13-3-12-20-26(24,25)17-10-4-14(5-11-17)18(23)21-16-8-6-15(19)7-9-16/h4-11,20H,3,12-13H2,1-2H3,(H,21,23). The van der Waals surface area contributed by atoms with Gasteiger partial charge in [0, 0.05) is 17.8 Å². The van der Waals surface area contributed by atoms with Gasteiger partial charge in [-0.15, -0.1) is 0 Å². The van der Waals surface area contributed by atoms with Gasteiger partial charge in [0.25, 0.3) is 5.91 Å². The minimum atomic E-state index is -3.61. The van der Waals surface area contributed by atoms with Crippen molar-refractivity contribution in [2.75, 3.05) is 32.5 Å². The van der Waals surface area contributed by atoms with Gasteiger partial charge in [-0.2, -0.15) is 0 Å². The van der Waals surface area contributed by atoms with Crippen LogP contribution in [0.5, 0.6) is 0 Å². The predicted octanol–water partition coefficient (Wildman–Crippen LogP) is 2.31. The van der Waals surface area contributed by atoms with Gasteiger partial charge in [0.2, 0.25) is 10.0 Å². The van der Waals surface area contributed by atoms with Gasteiger partial charge in [-0.1, -0.05) is 0 Å². The van der Waals surface area contributed by atoms with E-state index in [1.807, 2.05) is 19.0 Å². The first-order valence-electron chi connectivity index (χ1n) is 8.09. The summed E-state index contributed by atoms with van der Waals surface area (Å²) in [5, 5.41) is 2.62. The van der Waals surface area contributed by atoms with Crippen molar-refractivity contribution < 1.29 is 17.6 Å². The Kier molecular flexibility index (Phi) is 6.84. The maximum atomic E-state index is 12.9. The molecule has 1 amide bonds. The lowest BCUT2D eigenvalue weighted by Crippen LogP contribution is -2.27. The largest absolute Gasteiger partial charge is 0.322 e. The zero-order valence-electron chi connectivity index (χ0n) is 14.7. The van der Waals surface area contributed by atoms with Gasteiger partial charge < -0.3 is 10.2 Å². The Morgan fingerprint density at radius 2 is 1.65 bits per heavy atom. The number of sulfonamides is 1. The van der Waals surface area contributed by atoms with Gasteiger partial charge in [0.1, 0.15) is 5.82 Å². The Morgan fingerprint density at radius 3 is 2.23 bits per heavy atom. The highest BCUT2D eigenvalue weighted by atomic mass is 32.2. The first-order valence-corrected chi connectivity index (χ1v) is 9.57. The second-order valence-corrected chi connectivity index (χ2v) is 7.81. The molecule has 0 heterocycles. The van der Waals surface area contributed by atoms with E-state index in [1.54, 1.807) is 0 Å². The van der Waals surface area contributed by atoms with Gasteiger partial charge >= 0.3 is 0 Å². The van der Waals surface area contributed by atoms with Gasteiger partial charge in [-0.25, -0.2) is 17.5 Å². The summed E-state index contributed by atoms with van der Waals surface area (Å²) in [5.41, 5.74) is 0.761. The number of halogens is 1. The summed E-state index contributed by atoms with van der Waals surface area (Å²) in [5.74, 6) is -0.796. The number of anilines is 1. The molecule has 0 aliphatic rings. The predicted molar refractivity (Wildman–Crippen MR) is 99.2 cm³/mol. The molecule has 0 radical (unpaired) electrons. The Balaban J connectivity index is 1.98. The van der Waals surface area contributed by atoms with E-state index >= 15 is 0 Å². The first-order chi connectivity index (χ1) is 12.3. The fraction of sp³-hybridized carbons (Fsp3) is 0.278. The topological polar surface area (TPSA) is 78.5 Å². The fourth-order valence-corrected chi connectivity index (χ4v) is 3.28. The van der Waals surface area contributed by atoms with Crippen molar-refractivity contribution in [1.29, 1.82) is 0 Å². The van der Waals surface area contributed by atoms with Crippen molar-refractivity contribution in [2.45, 2.75) is 11.3 Å². The van der Waals surface area contributed by atoms with Crippen molar-refractivity contribution in [3.05, 3.63) is 59.9 Å². The number of nitrogens with zero attached hydrogens (tertiary/aromatic N) is 1. The summed E-state index contributed by atoms with van der Waals surface area (Å²) in [6.07, 6.45) is 0.699. The fourth-order valence-electron chi connectivity index (χ4n) is 2.21. The molecule has 0 spiro atoms. The van der Waals surface area contributed by atoms with Crippen molar-refractivity contribution in [1.82, 2.24) is 9.62 Å². The van der Waals surface area contributed by atoms with Crippen molar-refractivity contribution in [3.8, 4) is 0 Å². The van der Waals surface area contributed by atoms with E-state index < -0.39 is 21.7 Å². The number of carbonyl (C=O) groups excluding carboxylic acids is 1. The Hall–Kier alpha value is -2.29. The molecule has 0 aliphatic heterocycles. The summed E-state index contributed by atoms with van der Waals surface area (Å²) in [7, 11) is 0.235. The first kappa shape index (κ1) is 20.0. The molecule has 6 nitrogen and oxygen atoms in total. The molecule has 2 aromatic rings. The molecule has 140 valence electrons. The number of benzene rings is 2. The van der Waals surface area contributed by atoms with E-state index in [9.17, 15) is 17.6 Å². The van der Waals surface area contributed by atoms with Crippen LogP contribution in [0, 0.1) is 5.82 Å². The molecule has 0 aliphatic carbocycles. The molecule has 0 saturated carbocycles. The quantitative estimate of drug-likeness (QED) is 0.690. The van der Waals surface area contributed by atoms with E-state index in [-0.39, 0.29) is 4.90 Å². The molecular formula is C18H22FN3O3S. The summed E-state index contributed by atoms with van der Waals surface area (Å²) in [6.45, 7) is 1.12. The van der Waals surface area contributed by atoms with Crippen LogP contribution in [0.4, 0.5) is 10.1 Å². The highest BCUT2D eigenvalue weighted by Crippen LogP contribution is 2.13. The molecule has 0 atom stereocenters. The van der Waals surface area contributed by atoms with Crippen molar-refractivity contribution >= 4 is 21.6 Å². The zero-order chi connectivity index (χ0) is 19.2. The maximum Gasteiger partial charge on any atom is 0.255 e. The second-order valence-electron chi connectivity index (χ2n) is 6.04. The normalized spacial score (nSPS) is 11.5. The number of carbonyl (C=O) groups is 1. The Morgan fingerprint density at radius 1 is 1.04 bits per heavy atom. The minimum absolute atomic E-state index is 0.0979. The van der Waals surface area contributed by atoms with Crippen LogP contribution < -0.4 is 10.0 Å². The maximum absolute atomic E-state index is 12.9. The molecule has 8 heteroatoms. The highest BCUT2D eigenvalue weighted by molar-refractivity contribution is 7.89. The van der Waals surface area contributed by atoms with Crippen LogP contribution in [0.15, 0.2) is 53.4 Å². The van der Waals surface area contributed by atoms with Crippen molar-refractivity contribution in [3.63, 3.8) is 0 Å². The molecule has 0 bridgehead atoms. The SMILES string of the molecule is CN(C)CCCNS(=O)(=O)c1ccc(C(=O)Nc2ccc(F)cc2)cc1. The third kappa shape index (κ3) is 5.91. The second kappa shape index (κ2) is 8.88. The number of hydrogen-bond acceptors (Lipinski definition) is 4. The lowest BCUT2D eigenvalue weighted by molar-refractivity contribution is 0.102. The number of nitrogens with one attached hydrogen (secondary N) is 2. The summed E-state index contributed by atoms with van der Waals surface area (Å²) >= 11 is 0. The lowest BCUT2D eigenvalue weighted by Gasteiger charge is -2.11. The molecule has 2 rings (SSSR count). The van der Waals surface area contributed by atoms with Crippen LogP contribution in [-0.2, 0) is 10.0 Å². The highest BCUT2D eigenvalue weighted by Gasteiger charge is 2.14.